The van der Waals surface area contributed by atoms with Gasteiger partial charge in [0, 0.05) is 11.4 Å². The lowest BCUT2D eigenvalue weighted by Crippen LogP contribution is -2.56. The third-order valence-electron chi connectivity index (χ3n) is 8.21. The van der Waals surface area contributed by atoms with Gasteiger partial charge in [-0.25, -0.2) is 0 Å². The van der Waals surface area contributed by atoms with Gasteiger partial charge in [-0.2, -0.15) is 0 Å². The first-order valence-corrected chi connectivity index (χ1v) is 13.7. The summed E-state index contributed by atoms with van der Waals surface area (Å²) in [6.45, 7) is 0. The molecule has 194 valence electrons. The van der Waals surface area contributed by atoms with Crippen molar-refractivity contribution in [2.45, 2.75) is 23.9 Å². The van der Waals surface area contributed by atoms with Crippen LogP contribution in [0.2, 0.25) is 0 Å². The Bertz CT molecular complexity index is 1530. The quantitative estimate of drug-likeness (QED) is 0.219. The van der Waals surface area contributed by atoms with Crippen LogP contribution < -0.4 is 9.80 Å². The number of hydrogen-bond acceptors (Lipinski definition) is 2. The molecule has 0 unspecified atom stereocenters. The number of anilines is 2. The van der Waals surface area contributed by atoms with Gasteiger partial charge in [0.25, 0.3) is 0 Å². The molecule has 4 nitrogen and oxygen atoms in total. The molecule has 5 aromatic rings. The van der Waals surface area contributed by atoms with Crippen LogP contribution in [-0.2, 0) is 9.59 Å². The first-order chi connectivity index (χ1) is 19.7. The molecule has 2 aliphatic rings. The summed E-state index contributed by atoms with van der Waals surface area (Å²) < 4.78 is 0. The van der Waals surface area contributed by atoms with E-state index in [9.17, 15) is 9.59 Å². The van der Waals surface area contributed by atoms with Gasteiger partial charge in [-0.3, -0.25) is 9.59 Å². The van der Waals surface area contributed by atoms with E-state index in [0.717, 1.165) is 33.6 Å². The highest BCUT2D eigenvalue weighted by Crippen LogP contribution is 2.54. The van der Waals surface area contributed by atoms with Crippen LogP contribution in [0.25, 0.3) is 0 Å². The van der Waals surface area contributed by atoms with Crippen LogP contribution in [0.5, 0.6) is 0 Å². The Kier molecular flexibility index (Phi) is 6.01. The Hall–Kier alpha value is -4.96. The fraction of sp³-hybridized carbons (Fsp3) is 0.111. The van der Waals surface area contributed by atoms with Gasteiger partial charge in [-0.15, -0.1) is 0 Å². The smallest absolute Gasteiger partial charge is 0.237 e. The van der Waals surface area contributed by atoms with E-state index in [1.165, 1.54) is 0 Å². The number of amides is 2. The predicted molar refractivity (Wildman–Crippen MR) is 158 cm³/mol. The molecule has 2 saturated heterocycles. The van der Waals surface area contributed by atoms with Crippen molar-refractivity contribution in [2.75, 3.05) is 9.80 Å². The van der Waals surface area contributed by atoms with E-state index < -0.39 is 0 Å². The minimum absolute atomic E-state index is 0.0513. The zero-order valence-corrected chi connectivity index (χ0v) is 21.9. The van der Waals surface area contributed by atoms with Crippen LogP contribution in [0.3, 0.4) is 0 Å². The van der Waals surface area contributed by atoms with E-state index >= 15 is 0 Å². The molecule has 2 fully saturated rings. The molecule has 0 bridgehead atoms. The summed E-state index contributed by atoms with van der Waals surface area (Å²) in [5, 5.41) is 0. The van der Waals surface area contributed by atoms with Crippen molar-refractivity contribution < 1.29 is 9.59 Å². The number of nitrogens with zero attached hydrogens (tertiary/aromatic N) is 2. The summed E-state index contributed by atoms with van der Waals surface area (Å²) in [5.74, 6) is -0.659. The van der Waals surface area contributed by atoms with E-state index in [2.05, 4.69) is 24.3 Å². The molecule has 0 spiro atoms. The maximum absolute atomic E-state index is 14.0. The molecule has 0 N–H and O–H groups in total. The van der Waals surface area contributed by atoms with Gasteiger partial charge in [0.05, 0.1) is 23.9 Å². The molecule has 0 saturated carbocycles. The van der Waals surface area contributed by atoms with E-state index in [0.29, 0.717) is 0 Å². The van der Waals surface area contributed by atoms with Crippen LogP contribution >= 0.6 is 0 Å². The second kappa shape index (κ2) is 9.97. The number of β-lactam (4-membered cyclic amide) rings is 2. The topological polar surface area (TPSA) is 40.6 Å². The van der Waals surface area contributed by atoms with E-state index in [4.69, 9.17) is 0 Å². The lowest BCUT2D eigenvalue weighted by atomic mass is 9.70. The number of hydrogen-bond donors (Lipinski definition) is 0. The maximum atomic E-state index is 14.0. The van der Waals surface area contributed by atoms with Crippen molar-refractivity contribution in [3.8, 4) is 0 Å². The standard InChI is InChI=1S/C36H28N2O2/c39-35-31(33(25-15-5-1-6-16-25)37(35)27-19-9-3-10-20-27)29-23-13-14-24-30(29)32-34(26-17-7-2-8-18-26)38(36(32)40)28-21-11-4-12-22-28/h1-24,31-34H/t31-,32+,33-,34+. The molecule has 5 aromatic carbocycles. The first kappa shape index (κ1) is 24.1. The molecule has 0 aromatic heterocycles. The normalized spacial score (nSPS) is 22.0. The average molecular weight is 521 g/mol. The lowest BCUT2D eigenvalue weighted by molar-refractivity contribution is -0.128. The van der Waals surface area contributed by atoms with Crippen LogP contribution in [-0.4, -0.2) is 11.8 Å². The summed E-state index contributed by atoms with van der Waals surface area (Å²) in [4.78, 5) is 31.7. The second-order valence-electron chi connectivity index (χ2n) is 10.4. The molecular weight excluding hydrogens is 492 g/mol. The summed E-state index contributed by atoms with van der Waals surface area (Å²) >= 11 is 0. The minimum atomic E-state index is -0.381. The highest BCUT2D eigenvalue weighted by molar-refractivity contribution is 6.09. The molecule has 4 atom stereocenters. The van der Waals surface area contributed by atoms with Crippen LogP contribution in [0.1, 0.15) is 46.2 Å². The van der Waals surface area contributed by atoms with Gasteiger partial charge >= 0.3 is 0 Å². The monoisotopic (exact) mass is 520 g/mol. The number of para-hydroxylation sites is 2. The van der Waals surface area contributed by atoms with Gasteiger partial charge < -0.3 is 9.80 Å². The van der Waals surface area contributed by atoms with Crippen molar-refractivity contribution in [3.05, 3.63) is 168 Å². The summed E-state index contributed by atoms with van der Waals surface area (Å²) in [5.41, 5.74) is 5.79. The van der Waals surface area contributed by atoms with Crippen LogP contribution in [0.4, 0.5) is 11.4 Å². The van der Waals surface area contributed by atoms with E-state index in [-0.39, 0.29) is 35.7 Å². The van der Waals surface area contributed by atoms with Crippen molar-refractivity contribution >= 4 is 23.2 Å². The fourth-order valence-electron chi connectivity index (χ4n) is 6.40. The lowest BCUT2D eigenvalue weighted by Gasteiger charge is -2.51. The van der Waals surface area contributed by atoms with E-state index in [1.807, 2.05) is 131 Å². The van der Waals surface area contributed by atoms with E-state index in [1.54, 1.807) is 0 Å². The molecule has 40 heavy (non-hydrogen) atoms. The molecule has 4 heteroatoms. The summed E-state index contributed by atoms with van der Waals surface area (Å²) in [6, 6.07) is 47.8. The highest BCUT2D eigenvalue weighted by atomic mass is 16.2. The van der Waals surface area contributed by atoms with Crippen molar-refractivity contribution in [3.63, 3.8) is 0 Å². The Morgan fingerprint density at radius 1 is 0.375 bits per heavy atom. The Labute approximate surface area is 234 Å². The first-order valence-electron chi connectivity index (χ1n) is 13.7. The van der Waals surface area contributed by atoms with Crippen LogP contribution in [0, 0.1) is 0 Å². The number of carbonyl (C=O) groups excluding carboxylic acids is 2. The second-order valence-corrected chi connectivity index (χ2v) is 10.4. The minimum Gasteiger partial charge on any atom is -0.303 e. The number of carbonyl (C=O) groups is 2. The molecule has 7 rings (SSSR count). The van der Waals surface area contributed by atoms with Gasteiger partial charge in [0.2, 0.25) is 11.8 Å². The molecule has 2 amide bonds. The zero-order valence-electron chi connectivity index (χ0n) is 21.9. The highest BCUT2D eigenvalue weighted by Gasteiger charge is 2.54. The van der Waals surface area contributed by atoms with Crippen molar-refractivity contribution in [2.24, 2.45) is 0 Å². The van der Waals surface area contributed by atoms with Gasteiger partial charge in [-0.1, -0.05) is 121 Å². The molecular formula is C36H28N2O2. The average Bonchev–Trinajstić information content (AvgIpc) is 3.01. The number of rotatable bonds is 6. The summed E-state index contributed by atoms with van der Waals surface area (Å²) in [6.07, 6.45) is 0. The molecule has 0 radical (unpaired) electrons. The van der Waals surface area contributed by atoms with Gasteiger partial charge in [0.1, 0.15) is 0 Å². The predicted octanol–water partition coefficient (Wildman–Crippen LogP) is 7.43. The fourth-order valence-corrected chi connectivity index (χ4v) is 6.40. The van der Waals surface area contributed by atoms with Gasteiger partial charge in [-0.05, 0) is 46.5 Å². The molecule has 0 aliphatic carbocycles. The van der Waals surface area contributed by atoms with Crippen molar-refractivity contribution in [1.29, 1.82) is 0 Å². The largest absolute Gasteiger partial charge is 0.303 e. The van der Waals surface area contributed by atoms with Crippen LogP contribution in [0.15, 0.2) is 146 Å². The Morgan fingerprint density at radius 3 is 1.02 bits per heavy atom. The maximum Gasteiger partial charge on any atom is 0.237 e. The Balaban J connectivity index is 1.33. The zero-order chi connectivity index (χ0) is 27.1. The van der Waals surface area contributed by atoms with Crippen molar-refractivity contribution in [1.82, 2.24) is 0 Å². The number of benzene rings is 5. The molecule has 2 heterocycles. The van der Waals surface area contributed by atoms with Gasteiger partial charge in [0.15, 0.2) is 0 Å². The third-order valence-corrected chi connectivity index (χ3v) is 8.21. The Morgan fingerprint density at radius 2 is 0.675 bits per heavy atom. The summed E-state index contributed by atoms with van der Waals surface area (Å²) in [7, 11) is 0. The SMILES string of the molecule is O=C1[C@H](c2ccccc2[C@@H]2C(=O)N(c3ccccc3)[C@H]2c2ccccc2)[C@@H](c2ccccc2)N1c1ccccc1. The molecule has 2 aliphatic heterocycles. The third kappa shape index (κ3) is 3.84.